The Hall–Kier alpha value is -3.40. The third-order valence-corrected chi connectivity index (χ3v) is 4.06. The molecule has 2 aromatic rings. The second kappa shape index (κ2) is 8.81. The molecule has 27 heavy (non-hydrogen) atoms. The summed E-state index contributed by atoms with van der Waals surface area (Å²) >= 11 is 0. The molecule has 0 radical (unpaired) electrons. The van der Waals surface area contributed by atoms with Crippen molar-refractivity contribution in [3.05, 3.63) is 47.3 Å². The number of H-pyrrole nitrogens is 1. The Bertz CT molecular complexity index is 894. The number of nitrogens with zero attached hydrogens (tertiary/aromatic N) is 2. The Morgan fingerprint density at radius 3 is 2.48 bits per heavy atom. The number of Topliss-reactive ketones (excluding diaryl/α,β-unsaturated/α-hetero) is 1. The van der Waals surface area contributed by atoms with Crippen LogP contribution in [-0.4, -0.2) is 47.7 Å². The molecule has 0 aliphatic carbocycles. The molecule has 2 rings (SSSR count). The van der Waals surface area contributed by atoms with Crippen LogP contribution < -0.4 is 0 Å². The molecule has 1 N–H and O–H groups in total. The van der Waals surface area contributed by atoms with E-state index >= 15 is 0 Å². The minimum atomic E-state index is -0.770. The van der Waals surface area contributed by atoms with Gasteiger partial charge in [-0.1, -0.05) is 30.3 Å². The summed E-state index contributed by atoms with van der Waals surface area (Å²) < 4.78 is 5.12. The molecule has 1 aromatic carbocycles. The average Bonchev–Trinajstić information content (AvgIpc) is 3.02. The number of nitriles is 1. The lowest BCUT2D eigenvalue weighted by atomic mass is 9.98. The van der Waals surface area contributed by atoms with Gasteiger partial charge in [0.1, 0.15) is 5.69 Å². The Labute approximate surface area is 157 Å². The molecule has 140 valence electrons. The number of amides is 1. The quantitative estimate of drug-likeness (QED) is 0.460. The molecular formula is C20H21N3O4. The summed E-state index contributed by atoms with van der Waals surface area (Å²) in [6.07, 6.45) is 0.124. The maximum atomic E-state index is 12.8. The second-order valence-electron chi connectivity index (χ2n) is 5.93. The normalized spacial score (nSPS) is 10.1. The number of hydrogen-bond donors (Lipinski definition) is 1. The lowest BCUT2D eigenvalue weighted by Crippen LogP contribution is -2.34. The zero-order valence-corrected chi connectivity index (χ0v) is 15.5. The van der Waals surface area contributed by atoms with Gasteiger partial charge in [-0.2, -0.15) is 5.26 Å². The van der Waals surface area contributed by atoms with Crippen LogP contribution in [0.5, 0.6) is 0 Å². The molecule has 1 aromatic heterocycles. The maximum absolute atomic E-state index is 12.8. The molecule has 0 saturated heterocycles. The number of carbonyl (C=O) groups excluding carboxylic acids is 3. The minimum Gasteiger partial charge on any atom is -0.462 e. The lowest BCUT2D eigenvalue weighted by molar-refractivity contribution is -0.125. The average molecular weight is 367 g/mol. The first kappa shape index (κ1) is 19.9. The van der Waals surface area contributed by atoms with E-state index < -0.39 is 17.7 Å². The van der Waals surface area contributed by atoms with Crippen molar-refractivity contribution in [2.24, 2.45) is 0 Å². The number of hydrogen-bond acceptors (Lipinski definition) is 5. The van der Waals surface area contributed by atoms with E-state index in [-0.39, 0.29) is 30.8 Å². The number of esters is 1. The number of ketones is 1. The van der Waals surface area contributed by atoms with Crippen LogP contribution in [0.25, 0.3) is 11.1 Å². The van der Waals surface area contributed by atoms with E-state index in [1.165, 1.54) is 11.9 Å². The van der Waals surface area contributed by atoms with Gasteiger partial charge in [0.2, 0.25) is 0 Å². The van der Waals surface area contributed by atoms with Crippen LogP contribution >= 0.6 is 0 Å². The standard InChI is InChI=1S/C20H21N3O4/c1-4-27-20(26)15-13(2)22-17(16(15)14-9-6-5-7-10-14)18(24)19(25)23(3)12-8-11-21/h5-7,9-10,22H,4,8,12H2,1-3H3. The Kier molecular flexibility index (Phi) is 6.50. The van der Waals surface area contributed by atoms with Gasteiger partial charge < -0.3 is 14.6 Å². The number of ether oxygens (including phenoxy) is 1. The van der Waals surface area contributed by atoms with E-state index in [1.54, 1.807) is 38.1 Å². The highest BCUT2D eigenvalue weighted by atomic mass is 16.5. The van der Waals surface area contributed by atoms with Gasteiger partial charge in [-0.3, -0.25) is 9.59 Å². The third kappa shape index (κ3) is 4.23. The van der Waals surface area contributed by atoms with E-state index in [0.29, 0.717) is 16.8 Å². The van der Waals surface area contributed by atoms with Gasteiger partial charge in [-0.15, -0.1) is 0 Å². The summed E-state index contributed by atoms with van der Waals surface area (Å²) in [5, 5.41) is 8.67. The van der Waals surface area contributed by atoms with Crippen molar-refractivity contribution in [3.63, 3.8) is 0 Å². The number of likely N-dealkylation sites (N-methyl/N-ethyl adjacent to an activating group) is 1. The van der Waals surface area contributed by atoms with Gasteiger partial charge in [0.05, 0.1) is 24.7 Å². The van der Waals surface area contributed by atoms with Crippen LogP contribution in [0.4, 0.5) is 0 Å². The van der Waals surface area contributed by atoms with Crippen LogP contribution in [0.1, 0.15) is 39.9 Å². The third-order valence-electron chi connectivity index (χ3n) is 4.06. The van der Waals surface area contributed by atoms with Crippen molar-refractivity contribution in [2.45, 2.75) is 20.3 Å². The van der Waals surface area contributed by atoms with Gasteiger partial charge in [0.25, 0.3) is 11.7 Å². The number of aromatic nitrogens is 1. The second-order valence-corrected chi connectivity index (χ2v) is 5.93. The van der Waals surface area contributed by atoms with Gasteiger partial charge in [-0.05, 0) is 19.4 Å². The predicted molar refractivity (Wildman–Crippen MR) is 99.1 cm³/mol. The van der Waals surface area contributed by atoms with E-state index in [4.69, 9.17) is 10.00 Å². The summed E-state index contributed by atoms with van der Waals surface area (Å²) in [5.74, 6) is -2.08. The molecule has 0 bridgehead atoms. The van der Waals surface area contributed by atoms with Crippen molar-refractivity contribution in [3.8, 4) is 17.2 Å². The largest absolute Gasteiger partial charge is 0.462 e. The van der Waals surface area contributed by atoms with Crippen molar-refractivity contribution in [1.29, 1.82) is 5.26 Å². The van der Waals surface area contributed by atoms with E-state index in [9.17, 15) is 14.4 Å². The zero-order chi connectivity index (χ0) is 20.0. The number of rotatable bonds is 7. The number of aromatic amines is 1. The van der Waals surface area contributed by atoms with Crippen molar-refractivity contribution >= 4 is 17.7 Å². The highest BCUT2D eigenvalue weighted by Crippen LogP contribution is 2.31. The van der Waals surface area contributed by atoms with E-state index in [2.05, 4.69) is 4.98 Å². The highest BCUT2D eigenvalue weighted by Gasteiger charge is 2.30. The fraction of sp³-hybridized carbons (Fsp3) is 0.300. The lowest BCUT2D eigenvalue weighted by Gasteiger charge is -2.14. The summed E-state index contributed by atoms with van der Waals surface area (Å²) in [7, 11) is 1.46. The Morgan fingerprint density at radius 1 is 1.22 bits per heavy atom. The van der Waals surface area contributed by atoms with Gasteiger partial charge in [0.15, 0.2) is 0 Å². The first-order valence-electron chi connectivity index (χ1n) is 8.54. The van der Waals surface area contributed by atoms with E-state index in [1.807, 2.05) is 12.1 Å². The van der Waals surface area contributed by atoms with Crippen molar-refractivity contribution in [2.75, 3.05) is 20.2 Å². The van der Waals surface area contributed by atoms with Crippen molar-refractivity contribution in [1.82, 2.24) is 9.88 Å². The van der Waals surface area contributed by atoms with Crippen LogP contribution in [0.3, 0.4) is 0 Å². The minimum absolute atomic E-state index is 0.0376. The molecule has 1 amide bonds. The first-order chi connectivity index (χ1) is 12.9. The predicted octanol–water partition coefficient (Wildman–Crippen LogP) is 2.72. The number of aryl methyl sites for hydroxylation is 1. The number of nitrogens with one attached hydrogen (secondary N) is 1. The molecular weight excluding hydrogens is 346 g/mol. The first-order valence-corrected chi connectivity index (χ1v) is 8.54. The molecule has 0 aliphatic rings. The Balaban J connectivity index is 2.55. The maximum Gasteiger partial charge on any atom is 0.340 e. The molecule has 0 saturated carbocycles. The fourth-order valence-electron chi connectivity index (χ4n) is 2.75. The summed E-state index contributed by atoms with van der Waals surface area (Å²) in [5.41, 5.74) is 1.69. The topological polar surface area (TPSA) is 103 Å². The molecule has 0 unspecified atom stereocenters. The van der Waals surface area contributed by atoms with Crippen molar-refractivity contribution < 1.29 is 19.1 Å². The van der Waals surface area contributed by atoms with Crippen LogP contribution in [0, 0.1) is 18.3 Å². The highest BCUT2D eigenvalue weighted by molar-refractivity contribution is 6.43. The number of carbonyl (C=O) groups is 3. The van der Waals surface area contributed by atoms with Crippen LogP contribution in [-0.2, 0) is 9.53 Å². The summed E-state index contributed by atoms with van der Waals surface area (Å²) in [4.78, 5) is 41.8. The number of benzene rings is 1. The zero-order valence-electron chi connectivity index (χ0n) is 15.5. The van der Waals surface area contributed by atoms with Crippen LogP contribution in [0.2, 0.25) is 0 Å². The Morgan fingerprint density at radius 2 is 1.89 bits per heavy atom. The van der Waals surface area contributed by atoms with Crippen LogP contribution in [0.15, 0.2) is 30.3 Å². The fourth-order valence-corrected chi connectivity index (χ4v) is 2.75. The molecule has 1 heterocycles. The molecule has 0 fully saturated rings. The van der Waals surface area contributed by atoms with Gasteiger partial charge in [-0.25, -0.2) is 4.79 Å². The molecule has 7 heteroatoms. The summed E-state index contributed by atoms with van der Waals surface area (Å²) in [6, 6.07) is 10.8. The molecule has 0 atom stereocenters. The summed E-state index contributed by atoms with van der Waals surface area (Å²) in [6.45, 7) is 3.68. The molecule has 0 aliphatic heterocycles. The monoisotopic (exact) mass is 367 g/mol. The molecule has 7 nitrogen and oxygen atoms in total. The van der Waals surface area contributed by atoms with Gasteiger partial charge >= 0.3 is 5.97 Å². The smallest absolute Gasteiger partial charge is 0.340 e. The van der Waals surface area contributed by atoms with E-state index in [0.717, 1.165) is 0 Å². The SMILES string of the molecule is CCOC(=O)c1c(C)[nH]c(C(=O)C(=O)N(C)CCC#N)c1-c1ccccc1. The van der Waals surface area contributed by atoms with Gasteiger partial charge in [0, 0.05) is 24.8 Å². The molecule has 0 spiro atoms.